The van der Waals surface area contributed by atoms with Gasteiger partial charge in [0.15, 0.2) is 15.7 Å². The van der Waals surface area contributed by atoms with Crippen molar-refractivity contribution in [1.82, 2.24) is 10.1 Å². The van der Waals surface area contributed by atoms with Crippen LogP contribution in [0.4, 0.5) is 0 Å². The molecule has 1 aliphatic carbocycles. The van der Waals surface area contributed by atoms with Gasteiger partial charge in [-0.05, 0) is 12.3 Å². The highest BCUT2D eigenvalue weighted by molar-refractivity contribution is 7.92. The number of hydrogen-bond donors (Lipinski definition) is 1. The molecular formula is C8H13N3O3S. The van der Waals surface area contributed by atoms with Crippen LogP contribution in [0.15, 0.2) is 4.52 Å². The third-order valence-electron chi connectivity index (χ3n) is 2.93. The minimum atomic E-state index is -3.21. The number of aromatic nitrogens is 2. The number of hydrogen-bond acceptors (Lipinski definition) is 6. The summed E-state index contributed by atoms with van der Waals surface area (Å²) in [4.78, 5) is 4.00. The third-order valence-corrected chi connectivity index (χ3v) is 5.00. The molecule has 0 radical (unpaired) electrons. The zero-order valence-electron chi connectivity index (χ0n) is 8.60. The predicted molar refractivity (Wildman–Crippen MR) is 52.5 cm³/mol. The van der Waals surface area contributed by atoms with Crippen molar-refractivity contribution in [2.75, 3.05) is 6.26 Å². The van der Waals surface area contributed by atoms with Crippen molar-refractivity contribution in [3.05, 3.63) is 11.7 Å². The SMILES string of the molecule is CC1CC1(c1noc(CN)n1)S(C)(=O)=O. The quantitative estimate of drug-likeness (QED) is 0.774. The molecule has 0 aliphatic heterocycles. The predicted octanol–water partition coefficient (Wildman–Crippen LogP) is -0.192. The Morgan fingerprint density at radius 3 is 2.60 bits per heavy atom. The zero-order chi connectivity index (χ0) is 11.3. The van der Waals surface area contributed by atoms with E-state index in [1.165, 1.54) is 6.26 Å². The van der Waals surface area contributed by atoms with E-state index in [0.717, 1.165) is 0 Å². The van der Waals surface area contributed by atoms with E-state index in [1.54, 1.807) is 0 Å². The molecule has 2 rings (SSSR count). The molecule has 1 aliphatic rings. The van der Waals surface area contributed by atoms with Crippen LogP contribution in [0.1, 0.15) is 25.1 Å². The van der Waals surface area contributed by atoms with Gasteiger partial charge < -0.3 is 10.3 Å². The molecule has 2 unspecified atom stereocenters. The lowest BCUT2D eigenvalue weighted by molar-refractivity contribution is 0.372. The van der Waals surface area contributed by atoms with Gasteiger partial charge in [-0.2, -0.15) is 4.98 Å². The molecule has 0 amide bonds. The summed E-state index contributed by atoms with van der Waals surface area (Å²) >= 11 is 0. The number of rotatable bonds is 3. The fourth-order valence-electron chi connectivity index (χ4n) is 1.90. The number of nitrogens with two attached hydrogens (primary N) is 1. The first-order valence-electron chi connectivity index (χ1n) is 4.64. The first kappa shape index (κ1) is 10.6. The van der Waals surface area contributed by atoms with Crippen LogP contribution in [-0.2, 0) is 21.1 Å². The van der Waals surface area contributed by atoms with Crippen LogP contribution >= 0.6 is 0 Å². The molecule has 1 aromatic rings. The van der Waals surface area contributed by atoms with E-state index in [0.29, 0.717) is 6.42 Å². The standard InChI is InChI=1S/C8H13N3O3S/c1-5-3-8(5,15(2,12)13)7-10-6(4-9)14-11-7/h5H,3-4,9H2,1-2H3. The van der Waals surface area contributed by atoms with Crippen molar-refractivity contribution in [1.29, 1.82) is 0 Å². The van der Waals surface area contributed by atoms with Crippen LogP contribution in [-0.4, -0.2) is 24.8 Å². The van der Waals surface area contributed by atoms with E-state index < -0.39 is 14.6 Å². The largest absolute Gasteiger partial charge is 0.338 e. The summed E-state index contributed by atoms with van der Waals surface area (Å²) in [6, 6.07) is 0. The lowest BCUT2D eigenvalue weighted by atomic mass is 10.3. The molecule has 6 nitrogen and oxygen atoms in total. The Bertz CT molecular complexity index is 481. The summed E-state index contributed by atoms with van der Waals surface area (Å²) in [6.45, 7) is 1.99. The van der Waals surface area contributed by atoms with Gasteiger partial charge in [-0.25, -0.2) is 8.42 Å². The highest BCUT2D eigenvalue weighted by Crippen LogP contribution is 2.56. The summed E-state index contributed by atoms with van der Waals surface area (Å²) in [5.41, 5.74) is 5.32. The van der Waals surface area contributed by atoms with Crippen molar-refractivity contribution in [2.45, 2.75) is 24.6 Å². The molecule has 1 heterocycles. The monoisotopic (exact) mass is 231 g/mol. The van der Waals surface area contributed by atoms with Crippen molar-refractivity contribution < 1.29 is 12.9 Å². The maximum absolute atomic E-state index is 11.7. The topological polar surface area (TPSA) is 99.1 Å². The highest BCUT2D eigenvalue weighted by Gasteiger charge is 2.63. The second-order valence-electron chi connectivity index (χ2n) is 3.98. The van der Waals surface area contributed by atoms with Gasteiger partial charge in [-0.1, -0.05) is 12.1 Å². The Morgan fingerprint density at radius 1 is 1.67 bits per heavy atom. The fourth-order valence-corrected chi connectivity index (χ4v) is 3.60. The molecule has 1 fully saturated rings. The molecule has 0 saturated heterocycles. The molecule has 1 saturated carbocycles. The van der Waals surface area contributed by atoms with Gasteiger partial charge in [-0.3, -0.25) is 0 Å². The van der Waals surface area contributed by atoms with Gasteiger partial charge in [0.05, 0.1) is 6.54 Å². The average molecular weight is 231 g/mol. The molecule has 15 heavy (non-hydrogen) atoms. The zero-order valence-corrected chi connectivity index (χ0v) is 9.41. The molecular weight excluding hydrogens is 218 g/mol. The Hall–Kier alpha value is -0.950. The van der Waals surface area contributed by atoms with Crippen molar-refractivity contribution >= 4 is 9.84 Å². The number of sulfone groups is 1. The third kappa shape index (κ3) is 1.37. The van der Waals surface area contributed by atoms with E-state index in [-0.39, 0.29) is 24.2 Å². The molecule has 0 aromatic carbocycles. The average Bonchev–Trinajstić information content (AvgIpc) is 2.62. The Labute approximate surface area is 87.8 Å². The second kappa shape index (κ2) is 3.02. The van der Waals surface area contributed by atoms with Gasteiger partial charge in [0.1, 0.15) is 4.75 Å². The Balaban J connectivity index is 2.45. The molecule has 0 bridgehead atoms. The van der Waals surface area contributed by atoms with Crippen LogP contribution in [0.25, 0.3) is 0 Å². The van der Waals surface area contributed by atoms with E-state index >= 15 is 0 Å². The summed E-state index contributed by atoms with van der Waals surface area (Å²) in [6.07, 6.45) is 1.75. The summed E-state index contributed by atoms with van der Waals surface area (Å²) in [5.74, 6) is 0.556. The molecule has 84 valence electrons. The minimum Gasteiger partial charge on any atom is -0.338 e. The first-order chi connectivity index (χ1) is 6.91. The van der Waals surface area contributed by atoms with E-state index in [9.17, 15) is 8.42 Å². The molecule has 7 heteroatoms. The minimum absolute atomic E-state index is 0.0377. The van der Waals surface area contributed by atoms with Gasteiger partial charge >= 0.3 is 0 Å². The highest BCUT2D eigenvalue weighted by atomic mass is 32.2. The number of nitrogens with zero attached hydrogens (tertiary/aromatic N) is 2. The Morgan fingerprint density at radius 2 is 2.27 bits per heavy atom. The molecule has 2 atom stereocenters. The maximum Gasteiger partial charge on any atom is 0.240 e. The van der Waals surface area contributed by atoms with Gasteiger partial charge in [0, 0.05) is 6.26 Å². The van der Waals surface area contributed by atoms with Crippen molar-refractivity contribution in [3.63, 3.8) is 0 Å². The molecule has 2 N–H and O–H groups in total. The second-order valence-corrected chi connectivity index (χ2v) is 6.26. The first-order valence-corrected chi connectivity index (χ1v) is 6.53. The van der Waals surface area contributed by atoms with E-state index in [4.69, 9.17) is 10.3 Å². The van der Waals surface area contributed by atoms with Gasteiger partial charge in [0.25, 0.3) is 0 Å². The fraction of sp³-hybridized carbons (Fsp3) is 0.750. The molecule has 0 spiro atoms. The van der Waals surface area contributed by atoms with Crippen LogP contribution in [0.2, 0.25) is 0 Å². The lowest BCUT2D eigenvalue weighted by Crippen LogP contribution is -2.23. The van der Waals surface area contributed by atoms with Crippen LogP contribution < -0.4 is 5.73 Å². The van der Waals surface area contributed by atoms with Crippen molar-refractivity contribution in [3.8, 4) is 0 Å². The summed E-state index contributed by atoms with van der Waals surface area (Å²) in [5, 5.41) is 3.69. The van der Waals surface area contributed by atoms with E-state index in [1.807, 2.05) is 6.92 Å². The smallest absolute Gasteiger partial charge is 0.240 e. The van der Waals surface area contributed by atoms with E-state index in [2.05, 4.69) is 10.1 Å². The van der Waals surface area contributed by atoms with Crippen LogP contribution in [0, 0.1) is 5.92 Å². The summed E-state index contributed by atoms with van der Waals surface area (Å²) in [7, 11) is -3.21. The van der Waals surface area contributed by atoms with Gasteiger partial charge in [-0.15, -0.1) is 0 Å². The summed E-state index contributed by atoms with van der Waals surface area (Å²) < 4.78 is 27.2. The maximum atomic E-state index is 11.7. The molecule has 1 aromatic heterocycles. The van der Waals surface area contributed by atoms with Crippen molar-refractivity contribution in [2.24, 2.45) is 11.7 Å². The normalized spacial score (nSPS) is 30.5. The van der Waals surface area contributed by atoms with Gasteiger partial charge in [0.2, 0.25) is 5.89 Å². The Kier molecular flexibility index (Phi) is 2.13. The van der Waals surface area contributed by atoms with Crippen LogP contribution in [0.3, 0.4) is 0 Å². The lowest BCUT2D eigenvalue weighted by Gasteiger charge is -2.08. The van der Waals surface area contributed by atoms with Crippen LogP contribution in [0.5, 0.6) is 0 Å².